The summed E-state index contributed by atoms with van der Waals surface area (Å²) in [5, 5.41) is 21.7. The molecule has 1 aromatic heterocycles. The predicted molar refractivity (Wildman–Crippen MR) is 106 cm³/mol. The van der Waals surface area contributed by atoms with Crippen LogP contribution in [0, 0.1) is 5.41 Å². The second-order valence-electron chi connectivity index (χ2n) is 7.88. The largest absolute Gasteiger partial charge is 0.507 e. The van der Waals surface area contributed by atoms with Gasteiger partial charge in [-0.3, -0.25) is 0 Å². The van der Waals surface area contributed by atoms with E-state index in [0.29, 0.717) is 28.4 Å². The average Bonchev–Trinajstić information content (AvgIpc) is 2.61. The number of para-hydroxylation sites is 1. The minimum Gasteiger partial charge on any atom is -0.507 e. The van der Waals surface area contributed by atoms with Crippen LogP contribution in [0.3, 0.4) is 0 Å². The lowest BCUT2D eigenvalue weighted by Crippen LogP contribution is -2.59. The number of nitrogen functional groups attached to an aromatic ring is 1. The zero-order chi connectivity index (χ0) is 18.4. The molecule has 1 aliphatic heterocycles. The van der Waals surface area contributed by atoms with Crippen molar-refractivity contribution in [2.45, 2.75) is 18.8 Å². The second kappa shape index (κ2) is 6.06. The van der Waals surface area contributed by atoms with Crippen LogP contribution in [0.2, 0.25) is 0 Å². The van der Waals surface area contributed by atoms with Gasteiger partial charge in [-0.25, -0.2) is 0 Å². The van der Waals surface area contributed by atoms with Crippen LogP contribution in [0.5, 0.6) is 5.75 Å². The molecule has 0 radical (unpaired) electrons. The van der Waals surface area contributed by atoms with Gasteiger partial charge in [0.05, 0.1) is 5.69 Å². The van der Waals surface area contributed by atoms with Gasteiger partial charge in [-0.2, -0.15) is 0 Å². The molecule has 2 heterocycles. The molecule has 0 atom stereocenters. The Morgan fingerprint density at radius 1 is 0.963 bits per heavy atom. The van der Waals surface area contributed by atoms with Gasteiger partial charge < -0.3 is 16.2 Å². The Morgan fingerprint density at radius 3 is 2.37 bits per heavy atom. The predicted octanol–water partition coefficient (Wildman–Crippen LogP) is 3.57. The zero-order valence-corrected chi connectivity index (χ0v) is 15.0. The van der Waals surface area contributed by atoms with Gasteiger partial charge in [0, 0.05) is 24.2 Å². The van der Waals surface area contributed by atoms with Crippen molar-refractivity contribution in [3.8, 4) is 28.1 Å². The number of aromatic hydroxyl groups is 1. The number of rotatable bonds is 3. The fourth-order valence-electron chi connectivity index (χ4n) is 4.38. The zero-order valence-electron chi connectivity index (χ0n) is 15.0. The maximum Gasteiger partial charge on any atom is 0.154 e. The molecule has 2 aliphatic rings. The Bertz CT molecular complexity index is 987. The molecule has 1 spiro atoms. The lowest BCUT2D eigenvalue weighted by atomic mass is 9.57. The summed E-state index contributed by atoms with van der Waals surface area (Å²) < 4.78 is 0. The van der Waals surface area contributed by atoms with Crippen molar-refractivity contribution in [2.24, 2.45) is 5.41 Å². The van der Waals surface area contributed by atoms with Crippen molar-refractivity contribution in [3.05, 3.63) is 60.2 Å². The van der Waals surface area contributed by atoms with Crippen LogP contribution in [0.4, 0.5) is 5.82 Å². The molecule has 0 amide bonds. The molecule has 5 rings (SSSR count). The third-order valence-corrected chi connectivity index (χ3v) is 6.05. The fourth-order valence-corrected chi connectivity index (χ4v) is 4.38. The molecular formula is C22H22N4O. The van der Waals surface area contributed by atoms with E-state index in [1.807, 2.05) is 18.2 Å². The van der Waals surface area contributed by atoms with Gasteiger partial charge in [-0.1, -0.05) is 36.4 Å². The number of aromatic nitrogens is 2. The smallest absolute Gasteiger partial charge is 0.154 e. The molecule has 1 saturated carbocycles. The van der Waals surface area contributed by atoms with Crippen LogP contribution in [-0.2, 0) is 0 Å². The van der Waals surface area contributed by atoms with Gasteiger partial charge in [0.25, 0.3) is 0 Å². The number of benzene rings is 2. The van der Waals surface area contributed by atoms with Crippen molar-refractivity contribution < 1.29 is 5.11 Å². The molecular weight excluding hydrogens is 336 g/mol. The number of anilines is 1. The van der Waals surface area contributed by atoms with Crippen molar-refractivity contribution in [2.75, 3.05) is 18.8 Å². The van der Waals surface area contributed by atoms with Crippen LogP contribution < -0.4 is 11.1 Å². The van der Waals surface area contributed by atoms with Crippen molar-refractivity contribution >= 4 is 5.82 Å². The summed E-state index contributed by atoms with van der Waals surface area (Å²) in [6, 6.07) is 17.7. The van der Waals surface area contributed by atoms with E-state index >= 15 is 0 Å². The van der Waals surface area contributed by atoms with Gasteiger partial charge >= 0.3 is 0 Å². The summed E-state index contributed by atoms with van der Waals surface area (Å²) in [5.41, 5.74) is 11.2. The van der Waals surface area contributed by atoms with E-state index in [4.69, 9.17) is 5.73 Å². The van der Waals surface area contributed by atoms with Gasteiger partial charge in [-0.15, -0.1) is 10.2 Å². The number of nitrogens with zero attached hydrogens (tertiary/aromatic N) is 2. The van der Waals surface area contributed by atoms with E-state index in [-0.39, 0.29) is 5.75 Å². The highest BCUT2D eigenvalue weighted by molar-refractivity contribution is 5.79. The van der Waals surface area contributed by atoms with Crippen molar-refractivity contribution in [1.82, 2.24) is 15.5 Å². The molecule has 2 aromatic carbocycles. The Kier molecular flexibility index (Phi) is 3.65. The van der Waals surface area contributed by atoms with E-state index in [2.05, 4.69) is 39.8 Å². The normalized spacial score (nSPS) is 18.1. The lowest BCUT2D eigenvalue weighted by Gasteiger charge is -2.54. The van der Waals surface area contributed by atoms with Crippen molar-refractivity contribution in [3.63, 3.8) is 0 Å². The number of nitrogens with two attached hydrogens (primary N) is 1. The van der Waals surface area contributed by atoms with Crippen LogP contribution in [0.15, 0.2) is 54.6 Å². The molecule has 0 unspecified atom stereocenters. The Morgan fingerprint density at radius 2 is 1.70 bits per heavy atom. The molecule has 0 bridgehead atoms. The molecule has 27 heavy (non-hydrogen) atoms. The summed E-state index contributed by atoms with van der Waals surface area (Å²) in [4.78, 5) is 0. The highest BCUT2D eigenvalue weighted by atomic mass is 16.3. The third kappa shape index (κ3) is 2.75. The maximum atomic E-state index is 10.1. The average molecular weight is 358 g/mol. The first-order chi connectivity index (χ1) is 13.1. The highest BCUT2D eigenvalue weighted by Gasteiger charge is 2.48. The summed E-state index contributed by atoms with van der Waals surface area (Å²) in [6.45, 7) is 2.35. The number of hydrogen-bond acceptors (Lipinski definition) is 5. The Hall–Kier alpha value is -2.92. The van der Waals surface area contributed by atoms with E-state index < -0.39 is 0 Å². The van der Waals surface area contributed by atoms with Gasteiger partial charge in [0.1, 0.15) is 5.75 Å². The quantitative estimate of drug-likeness (QED) is 0.667. The number of nitrogens with one attached hydrogen (secondary N) is 1. The minimum absolute atomic E-state index is 0.183. The number of phenolic OH excluding ortho intramolecular Hbond substituents is 1. The maximum absolute atomic E-state index is 10.1. The fraction of sp³-hybridized carbons (Fsp3) is 0.273. The molecule has 4 N–H and O–H groups in total. The van der Waals surface area contributed by atoms with E-state index in [9.17, 15) is 5.11 Å². The van der Waals surface area contributed by atoms with Gasteiger partial charge in [0.15, 0.2) is 5.82 Å². The highest BCUT2D eigenvalue weighted by Crippen LogP contribution is 2.53. The summed E-state index contributed by atoms with van der Waals surface area (Å²) in [7, 11) is 0. The standard InChI is InChI=1S/C22H22N4O/c23-21-18(9-19(25-26-21)17-3-1-2-4-20(17)27)15-7-5-14(6-8-15)16-10-22(11-16)12-24-13-22/h1-9,16,24,27H,10-13H2,(H2,23,26). The first-order valence-corrected chi connectivity index (χ1v) is 9.36. The van der Waals surface area contributed by atoms with E-state index in [1.54, 1.807) is 12.1 Å². The molecule has 136 valence electrons. The van der Waals surface area contributed by atoms with Gasteiger partial charge in [0.2, 0.25) is 0 Å². The van der Waals surface area contributed by atoms with Gasteiger partial charge in [-0.05, 0) is 53.5 Å². The molecule has 1 aliphatic carbocycles. The van der Waals surface area contributed by atoms with Crippen LogP contribution in [0.1, 0.15) is 24.3 Å². The van der Waals surface area contributed by atoms with E-state index in [0.717, 1.165) is 11.1 Å². The Balaban J connectivity index is 1.42. The summed E-state index contributed by atoms with van der Waals surface area (Å²) in [6.07, 6.45) is 2.57. The van der Waals surface area contributed by atoms with Crippen molar-refractivity contribution in [1.29, 1.82) is 0 Å². The monoisotopic (exact) mass is 358 g/mol. The lowest BCUT2D eigenvalue weighted by molar-refractivity contribution is 0.0363. The molecule has 5 nitrogen and oxygen atoms in total. The topological polar surface area (TPSA) is 84.1 Å². The van der Waals surface area contributed by atoms with E-state index in [1.165, 1.54) is 31.5 Å². The Labute approximate surface area is 158 Å². The number of phenols is 1. The first-order valence-electron chi connectivity index (χ1n) is 9.36. The number of hydrogen-bond donors (Lipinski definition) is 3. The summed E-state index contributed by atoms with van der Waals surface area (Å²) >= 11 is 0. The first kappa shape index (κ1) is 16.3. The second-order valence-corrected chi connectivity index (χ2v) is 7.88. The third-order valence-electron chi connectivity index (χ3n) is 6.05. The van der Waals surface area contributed by atoms with Crippen LogP contribution in [0.25, 0.3) is 22.4 Å². The van der Waals surface area contributed by atoms with Crippen LogP contribution >= 0.6 is 0 Å². The molecule has 5 heteroatoms. The molecule has 3 aromatic rings. The SMILES string of the molecule is Nc1nnc(-c2ccccc2O)cc1-c1ccc(C2CC3(CNC3)C2)cc1. The van der Waals surface area contributed by atoms with Crippen LogP contribution in [-0.4, -0.2) is 28.4 Å². The molecule has 1 saturated heterocycles. The molecule has 2 fully saturated rings. The minimum atomic E-state index is 0.183. The summed E-state index contributed by atoms with van der Waals surface area (Å²) in [5.74, 6) is 1.25.